The van der Waals surface area contributed by atoms with E-state index in [1.807, 2.05) is 6.92 Å². The molecule has 0 spiro atoms. The van der Waals surface area contributed by atoms with Gasteiger partial charge in [-0.25, -0.2) is 24.6 Å². The molecule has 144 valence electrons. The van der Waals surface area contributed by atoms with Crippen molar-refractivity contribution >= 4 is 29.5 Å². The molecule has 2 aliphatic heterocycles. The Morgan fingerprint density at radius 2 is 1.61 bits per heavy atom. The summed E-state index contributed by atoms with van der Waals surface area (Å²) >= 11 is 0. The molecule has 4 rings (SSSR count). The first-order valence-electron chi connectivity index (χ1n) is 9.17. The molecule has 3 heterocycles. The minimum absolute atomic E-state index is 0.176. The average molecular weight is 381 g/mol. The highest BCUT2D eigenvalue weighted by molar-refractivity contribution is 6.52. The Kier molecular flexibility index (Phi) is 4.74. The van der Waals surface area contributed by atoms with Crippen molar-refractivity contribution in [3.63, 3.8) is 0 Å². The molecule has 28 heavy (non-hydrogen) atoms. The monoisotopic (exact) mass is 381 g/mol. The summed E-state index contributed by atoms with van der Waals surface area (Å²) in [6.07, 6.45) is 3.41. The number of aryl methyl sites for hydroxylation is 1. The van der Waals surface area contributed by atoms with Crippen LogP contribution in [-0.2, 0) is 9.59 Å². The number of piperazine rings is 1. The molecule has 2 aromatic rings. The quantitative estimate of drug-likeness (QED) is 0.564. The van der Waals surface area contributed by atoms with Crippen molar-refractivity contribution < 1.29 is 19.3 Å². The Bertz CT molecular complexity index is 894. The van der Waals surface area contributed by atoms with Gasteiger partial charge in [-0.15, -0.1) is 0 Å². The highest BCUT2D eigenvalue weighted by Crippen LogP contribution is 2.22. The van der Waals surface area contributed by atoms with Crippen LogP contribution in [-0.4, -0.2) is 65.6 Å². The number of quaternary nitrogens is 1. The molecule has 9 heteroatoms. The lowest BCUT2D eigenvalue weighted by Gasteiger charge is -2.33. The van der Waals surface area contributed by atoms with Gasteiger partial charge >= 0.3 is 17.8 Å². The zero-order chi connectivity index (χ0) is 19.7. The molecular formula is C19H21N6O3+. The highest BCUT2D eigenvalue weighted by atomic mass is 16.2. The van der Waals surface area contributed by atoms with E-state index in [1.54, 1.807) is 42.7 Å². The molecule has 0 unspecified atom stereocenters. The highest BCUT2D eigenvalue weighted by Gasteiger charge is 2.47. The minimum Gasteiger partial charge on any atom is -0.330 e. The molecule has 0 atom stereocenters. The van der Waals surface area contributed by atoms with Gasteiger partial charge in [-0.2, -0.15) is 0 Å². The molecule has 0 saturated carbocycles. The number of hydrogen-bond acceptors (Lipinski definition) is 6. The van der Waals surface area contributed by atoms with Crippen molar-refractivity contribution in [2.45, 2.75) is 6.92 Å². The summed E-state index contributed by atoms with van der Waals surface area (Å²) in [5, 5.41) is 0. The van der Waals surface area contributed by atoms with E-state index in [4.69, 9.17) is 0 Å². The number of amides is 4. The lowest BCUT2D eigenvalue weighted by atomic mass is 10.2. The number of nitrogens with zero attached hydrogens (tertiary/aromatic N) is 5. The summed E-state index contributed by atoms with van der Waals surface area (Å²) in [4.78, 5) is 51.1. The summed E-state index contributed by atoms with van der Waals surface area (Å²) in [5.41, 5.74) is 1.42. The first-order chi connectivity index (χ1) is 13.5. The van der Waals surface area contributed by atoms with Crippen LogP contribution in [0.1, 0.15) is 5.56 Å². The van der Waals surface area contributed by atoms with E-state index in [1.165, 1.54) is 0 Å². The first kappa shape index (κ1) is 18.1. The van der Waals surface area contributed by atoms with Crippen molar-refractivity contribution in [2.75, 3.05) is 42.6 Å². The number of carbonyl (C=O) groups is 3. The fourth-order valence-electron chi connectivity index (χ4n) is 3.43. The van der Waals surface area contributed by atoms with Crippen LogP contribution in [0.3, 0.4) is 0 Å². The fourth-order valence-corrected chi connectivity index (χ4v) is 3.43. The summed E-state index contributed by atoms with van der Waals surface area (Å²) in [6, 6.07) is 8.14. The molecule has 0 radical (unpaired) electrons. The van der Waals surface area contributed by atoms with Crippen molar-refractivity contribution in [3.05, 3.63) is 48.3 Å². The van der Waals surface area contributed by atoms with Crippen LogP contribution in [0.25, 0.3) is 0 Å². The Morgan fingerprint density at radius 3 is 2.25 bits per heavy atom. The van der Waals surface area contributed by atoms with E-state index < -0.39 is 17.8 Å². The molecule has 2 aliphatic rings. The van der Waals surface area contributed by atoms with Gasteiger partial charge in [-0.1, -0.05) is 17.7 Å². The molecule has 1 N–H and O–H groups in total. The molecule has 2 fully saturated rings. The van der Waals surface area contributed by atoms with Gasteiger partial charge in [0.15, 0.2) is 6.67 Å². The maximum Gasteiger partial charge on any atom is 0.343 e. The van der Waals surface area contributed by atoms with Gasteiger partial charge in [0.25, 0.3) is 0 Å². The molecule has 0 aliphatic carbocycles. The predicted octanol–water partition coefficient (Wildman–Crippen LogP) is -0.557. The predicted molar refractivity (Wildman–Crippen MR) is 101 cm³/mol. The Morgan fingerprint density at radius 1 is 0.964 bits per heavy atom. The van der Waals surface area contributed by atoms with Gasteiger partial charge in [-0.3, -0.25) is 9.59 Å². The lowest BCUT2D eigenvalue weighted by molar-refractivity contribution is -0.907. The van der Waals surface area contributed by atoms with Gasteiger partial charge in [0, 0.05) is 12.4 Å². The van der Waals surface area contributed by atoms with E-state index in [2.05, 4.69) is 14.9 Å². The Labute approximate surface area is 162 Å². The Hall–Kier alpha value is -3.33. The Balaban J connectivity index is 1.41. The average Bonchev–Trinajstić information content (AvgIpc) is 2.93. The molecular weight excluding hydrogens is 360 g/mol. The summed E-state index contributed by atoms with van der Waals surface area (Å²) < 4.78 is 0. The zero-order valence-corrected chi connectivity index (χ0v) is 15.5. The topological polar surface area (TPSA) is 91.2 Å². The lowest BCUT2D eigenvalue weighted by Crippen LogP contribution is -3.16. The van der Waals surface area contributed by atoms with Crippen LogP contribution in [0, 0.1) is 6.92 Å². The van der Waals surface area contributed by atoms with E-state index in [9.17, 15) is 14.4 Å². The van der Waals surface area contributed by atoms with E-state index in [0.29, 0.717) is 37.8 Å². The van der Waals surface area contributed by atoms with Crippen LogP contribution in [0.5, 0.6) is 0 Å². The van der Waals surface area contributed by atoms with Crippen LogP contribution in [0.4, 0.5) is 16.4 Å². The number of carbonyl (C=O) groups excluding carboxylic acids is 3. The third-order valence-corrected chi connectivity index (χ3v) is 5.03. The van der Waals surface area contributed by atoms with E-state index in [-0.39, 0.29) is 6.67 Å². The smallest absolute Gasteiger partial charge is 0.330 e. The number of hydrogen-bond donors (Lipinski definition) is 1. The molecule has 0 bridgehead atoms. The van der Waals surface area contributed by atoms with Crippen molar-refractivity contribution in [2.24, 2.45) is 0 Å². The van der Waals surface area contributed by atoms with Crippen LogP contribution in [0.2, 0.25) is 0 Å². The van der Waals surface area contributed by atoms with Crippen molar-refractivity contribution in [3.8, 4) is 0 Å². The maximum absolute atomic E-state index is 12.7. The van der Waals surface area contributed by atoms with Gasteiger partial charge in [0.05, 0.1) is 31.9 Å². The standard InChI is InChI=1S/C19H20N6O3/c1-14-3-5-15(6-4-14)25-17(27)16(26)24(19(25)28)13-22-9-11-23(12-10-22)18-20-7-2-8-21-18/h2-8H,9-13H2,1H3/p+1. The van der Waals surface area contributed by atoms with Crippen LogP contribution < -0.4 is 14.7 Å². The van der Waals surface area contributed by atoms with E-state index in [0.717, 1.165) is 20.3 Å². The summed E-state index contributed by atoms with van der Waals surface area (Å²) in [6.45, 7) is 4.95. The van der Waals surface area contributed by atoms with Gasteiger partial charge < -0.3 is 9.80 Å². The second kappa shape index (κ2) is 7.35. The van der Waals surface area contributed by atoms with Crippen LogP contribution in [0.15, 0.2) is 42.7 Å². The number of nitrogens with one attached hydrogen (secondary N) is 1. The molecule has 1 aromatic heterocycles. The third kappa shape index (κ3) is 3.31. The first-order valence-corrected chi connectivity index (χ1v) is 9.17. The van der Waals surface area contributed by atoms with Gasteiger partial charge in [0.2, 0.25) is 5.95 Å². The SMILES string of the molecule is Cc1ccc(N2C(=O)C(=O)N(C[NH+]3CCN(c4ncccn4)CC3)C2=O)cc1. The minimum atomic E-state index is -0.801. The van der Waals surface area contributed by atoms with Gasteiger partial charge in [-0.05, 0) is 25.1 Å². The van der Waals surface area contributed by atoms with Crippen molar-refractivity contribution in [1.82, 2.24) is 14.9 Å². The van der Waals surface area contributed by atoms with Crippen molar-refractivity contribution in [1.29, 1.82) is 0 Å². The summed E-state index contributed by atoms with van der Waals surface area (Å²) in [5.74, 6) is -0.896. The number of anilines is 2. The molecule has 9 nitrogen and oxygen atoms in total. The number of imide groups is 2. The summed E-state index contributed by atoms with van der Waals surface area (Å²) in [7, 11) is 0. The molecule has 2 saturated heterocycles. The molecule has 1 aromatic carbocycles. The number of urea groups is 1. The van der Waals surface area contributed by atoms with E-state index >= 15 is 0 Å². The largest absolute Gasteiger partial charge is 0.343 e. The second-order valence-electron chi connectivity index (χ2n) is 6.94. The zero-order valence-electron chi connectivity index (χ0n) is 15.5. The fraction of sp³-hybridized carbons (Fsp3) is 0.316. The molecule has 4 amide bonds. The maximum atomic E-state index is 12.7. The third-order valence-electron chi connectivity index (χ3n) is 5.03. The number of rotatable bonds is 4. The second-order valence-corrected chi connectivity index (χ2v) is 6.94. The van der Waals surface area contributed by atoms with Crippen LogP contribution >= 0.6 is 0 Å². The number of benzene rings is 1. The normalized spacial score (nSPS) is 18.3. The van der Waals surface area contributed by atoms with Gasteiger partial charge in [0.1, 0.15) is 0 Å². The number of aromatic nitrogens is 2.